The van der Waals surface area contributed by atoms with E-state index in [9.17, 15) is 14.4 Å². The number of carbonyl (C=O) groups is 3. The Labute approximate surface area is 175 Å². The van der Waals surface area contributed by atoms with Gasteiger partial charge in [0.25, 0.3) is 0 Å². The van der Waals surface area contributed by atoms with E-state index in [0.29, 0.717) is 12.8 Å². The zero-order valence-corrected chi connectivity index (χ0v) is 18.2. The maximum absolute atomic E-state index is 12.1. The molecule has 0 unspecified atom stereocenters. The van der Waals surface area contributed by atoms with Crippen LogP contribution in [0.1, 0.15) is 110 Å². The zero-order valence-electron chi connectivity index (χ0n) is 18.2. The van der Waals surface area contributed by atoms with Crippen LogP contribution in [0.5, 0.6) is 0 Å². The average molecular weight is 415 g/mol. The maximum atomic E-state index is 12.1. The Morgan fingerprint density at radius 1 is 0.828 bits per heavy atom. The van der Waals surface area contributed by atoms with Gasteiger partial charge < -0.3 is 21.3 Å². The third-order valence-corrected chi connectivity index (χ3v) is 5.05. The van der Waals surface area contributed by atoms with E-state index in [2.05, 4.69) is 6.92 Å². The van der Waals surface area contributed by atoms with Crippen molar-refractivity contribution in [2.75, 3.05) is 0 Å². The van der Waals surface area contributed by atoms with Crippen molar-refractivity contribution < 1.29 is 24.2 Å². The number of carbonyl (C=O) groups excluding carboxylic acids is 2. The number of rotatable bonds is 20. The molecular weight excluding hydrogens is 372 g/mol. The molecule has 0 bridgehead atoms. The van der Waals surface area contributed by atoms with Gasteiger partial charge in [0.05, 0.1) is 6.42 Å². The molecule has 29 heavy (non-hydrogen) atoms. The molecule has 0 fully saturated rings. The van der Waals surface area contributed by atoms with Crippen LogP contribution < -0.4 is 11.5 Å². The van der Waals surface area contributed by atoms with Crippen LogP contribution in [0.3, 0.4) is 0 Å². The second-order valence-corrected chi connectivity index (χ2v) is 7.95. The fourth-order valence-electron chi connectivity index (χ4n) is 3.31. The summed E-state index contributed by atoms with van der Waals surface area (Å²) in [5, 5.41) is 8.63. The second-order valence-electron chi connectivity index (χ2n) is 7.95. The Morgan fingerprint density at radius 2 is 1.34 bits per heavy atom. The largest absolute Gasteiger partial charge is 0.481 e. The number of carboxylic acid groups (broad SMARTS) is 1. The molecule has 7 nitrogen and oxygen atoms in total. The van der Waals surface area contributed by atoms with E-state index < -0.39 is 30.0 Å². The lowest BCUT2D eigenvalue weighted by Crippen LogP contribution is -2.36. The second kappa shape index (κ2) is 18.4. The summed E-state index contributed by atoms with van der Waals surface area (Å²) >= 11 is 0. The van der Waals surface area contributed by atoms with Gasteiger partial charge in [0.2, 0.25) is 5.91 Å². The fourth-order valence-corrected chi connectivity index (χ4v) is 3.31. The van der Waals surface area contributed by atoms with Gasteiger partial charge in [-0.2, -0.15) is 0 Å². The van der Waals surface area contributed by atoms with Gasteiger partial charge in [0.15, 0.2) is 0 Å². The standard InChI is InChI=1S/C22H42N2O5/c1-2-3-4-5-6-7-8-9-10-11-12-14-18(17-20(24)25)29-22(28)19(23)15-13-16-21(26)27/h18-19H,2-17,23H2,1H3,(H2,24,25)(H,26,27)/t18-,19-/m0/s1. The highest BCUT2D eigenvalue weighted by molar-refractivity contribution is 5.77. The minimum Gasteiger partial charge on any atom is -0.481 e. The monoisotopic (exact) mass is 414 g/mol. The summed E-state index contributed by atoms with van der Waals surface area (Å²) in [5.41, 5.74) is 11.0. The number of unbranched alkanes of at least 4 members (excludes halogenated alkanes) is 10. The van der Waals surface area contributed by atoms with E-state index in [-0.39, 0.29) is 19.3 Å². The lowest BCUT2D eigenvalue weighted by atomic mass is 10.0. The SMILES string of the molecule is CCCCCCCCCCCCC[C@@H](CC(N)=O)OC(=O)[C@@H](N)CCCC(=O)O. The highest BCUT2D eigenvalue weighted by Crippen LogP contribution is 2.15. The highest BCUT2D eigenvalue weighted by Gasteiger charge is 2.21. The van der Waals surface area contributed by atoms with Crippen LogP contribution in [0.25, 0.3) is 0 Å². The molecule has 0 aliphatic rings. The number of esters is 1. The molecule has 0 heterocycles. The number of ether oxygens (including phenoxy) is 1. The number of nitrogens with two attached hydrogens (primary N) is 2. The zero-order chi connectivity index (χ0) is 21.9. The van der Waals surface area contributed by atoms with E-state index in [1.807, 2.05) is 0 Å². The number of amides is 1. The van der Waals surface area contributed by atoms with E-state index in [1.165, 1.54) is 51.4 Å². The minimum atomic E-state index is -0.923. The molecule has 0 rings (SSSR count). The quantitative estimate of drug-likeness (QED) is 0.203. The molecule has 0 radical (unpaired) electrons. The predicted molar refractivity (Wildman–Crippen MR) is 114 cm³/mol. The molecule has 7 heteroatoms. The topological polar surface area (TPSA) is 133 Å². The van der Waals surface area contributed by atoms with Crippen molar-refractivity contribution in [1.82, 2.24) is 0 Å². The van der Waals surface area contributed by atoms with Crippen molar-refractivity contribution in [3.8, 4) is 0 Å². The Balaban J connectivity index is 3.94. The lowest BCUT2D eigenvalue weighted by Gasteiger charge is -2.19. The van der Waals surface area contributed by atoms with Crippen LogP contribution in [0.2, 0.25) is 0 Å². The summed E-state index contributed by atoms with van der Waals surface area (Å²) in [6.07, 6.45) is 14.0. The van der Waals surface area contributed by atoms with Gasteiger partial charge in [-0.05, 0) is 25.7 Å². The first-order valence-corrected chi connectivity index (χ1v) is 11.3. The van der Waals surface area contributed by atoms with Crippen LogP contribution in [0.15, 0.2) is 0 Å². The van der Waals surface area contributed by atoms with Crippen molar-refractivity contribution in [3.05, 3.63) is 0 Å². The van der Waals surface area contributed by atoms with Crippen molar-refractivity contribution in [3.63, 3.8) is 0 Å². The third kappa shape index (κ3) is 18.2. The number of aliphatic carboxylic acids is 1. The van der Waals surface area contributed by atoms with Crippen LogP contribution in [0, 0.1) is 0 Å². The molecular formula is C22H42N2O5. The van der Waals surface area contributed by atoms with Gasteiger partial charge >= 0.3 is 11.9 Å². The first kappa shape index (κ1) is 27.4. The summed E-state index contributed by atoms with van der Waals surface area (Å²) in [5.74, 6) is -2.02. The van der Waals surface area contributed by atoms with Gasteiger partial charge in [-0.15, -0.1) is 0 Å². The van der Waals surface area contributed by atoms with Crippen LogP contribution >= 0.6 is 0 Å². The predicted octanol–water partition coefficient (Wildman–Crippen LogP) is 4.06. The lowest BCUT2D eigenvalue weighted by molar-refractivity contribution is -0.152. The fraction of sp³-hybridized carbons (Fsp3) is 0.864. The van der Waals surface area contributed by atoms with Crippen molar-refractivity contribution in [1.29, 1.82) is 0 Å². The number of hydrogen-bond acceptors (Lipinski definition) is 5. The van der Waals surface area contributed by atoms with Gasteiger partial charge in [-0.1, -0.05) is 71.1 Å². The van der Waals surface area contributed by atoms with E-state index in [4.69, 9.17) is 21.3 Å². The Morgan fingerprint density at radius 3 is 1.83 bits per heavy atom. The van der Waals surface area contributed by atoms with E-state index in [0.717, 1.165) is 19.3 Å². The van der Waals surface area contributed by atoms with Crippen LogP contribution in [0.4, 0.5) is 0 Å². The molecule has 1 amide bonds. The molecule has 0 aromatic carbocycles. The van der Waals surface area contributed by atoms with Gasteiger partial charge in [-0.3, -0.25) is 14.4 Å². The third-order valence-electron chi connectivity index (χ3n) is 5.05. The Kier molecular flexibility index (Phi) is 17.4. The van der Waals surface area contributed by atoms with Crippen molar-refractivity contribution in [2.45, 2.75) is 122 Å². The Bertz CT molecular complexity index is 456. The summed E-state index contributed by atoms with van der Waals surface area (Å²) < 4.78 is 5.36. The molecule has 0 aliphatic carbocycles. The summed E-state index contributed by atoms with van der Waals surface area (Å²) in [6, 6.07) is -0.873. The first-order valence-electron chi connectivity index (χ1n) is 11.3. The summed E-state index contributed by atoms with van der Waals surface area (Å²) in [4.78, 5) is 33.8. The molecule has 5 N–H and O–H groups in total. The minimum absolute atomic E-state index is 0.00859. The number of primary amides is 1. The number of hydrogen-bond donors (Lipinski definition) is 3. The van der Waals surface area contributed by atoms with Gasteiger partial charge in [0.1, 0.15) is 12.1 Å². The average Bonchev–Trinajstić information content (AvgIpc) is 2.65. The summed E-state index contributed by atoms with van der Waals surface area (Å²) in [6.45, 7) is 2.23. The van der Waals surface area contributed by atoms with E-state index in [1.54, 1.807) is 0 Å². The number of carboxylic acids is 1. The molecule has 170 valence electrons. The Hall–Kier alpha value is -1.63. The molecule has 0 aromatic heterocycles. The van der Waals surface area contributed by atoms with Gasteiger partial charge in [-0.25, -0.2) is 0 Å². The molecule has 0 saturated heterocycles. The normalized spacial score (nSPS) is 13.0. The maximum Gasteiger partial charge on any atom is 0.323 e. The molecule has 0 spiro atoms. The molecule has 0 aliphatic heterocycles. The van der Waals surface area contributed by atoms with E-state index >= 15 is 0 Å². The van der Waals surface area contributed by atoms with Crippen molar-refractivity contribution >= 4 is 17.8 Å². The highest BCUT2D eigenvalue weighted by atomic mass is 16.5. The summed E-state index contributed by atoms with van der Waals surface area (Å²) in [7, 11) is 0. The first-order chi connectivity index (χ1) is 13.9. The molecule has 0 saturated carbocycles. The van der Waals surface area contributed by atoms with Crippen LogP contribution in [-0.2, 0) is 19.1 Å². The molecule has 0 aromatic rings. The van der Waals surface area contributed by atoms with Crippen molar-refractivity contribution in [2.24, 2.45) is 11.5 Å². The van der Waals surface area contributed by atoms with Gasteiger partial charge in [0, 0.05) is 6.42 Å². The smallest absolute Gasteiger partial charge is 0.323 e. The molecule has 2 atom stereocenters. The van der Waals surface area contributed by atoms with Crippen LogP contribution in [-0.4, -0.2) is 35.1 Å².